The number of ether oxygens (including phenoxy) is 2. The topological polar surface area (TPSA) is 38.8 Å². The third-order valence-corrected chi connectivity index (χ3v) is 5.26. The molecule has 0 aliphatic carbocycles. The van der Waals surface area contributed by atoms with Crippen molar-refractivity contribution in [1.29, 1.82) is 0 Å². The number of carbonyl (C=O) groups is 1. The minimum atomic E-state index is -0.521. The summed E-state index contributed by atoms with van der Waals surface area (Å²) in [5.74, 6) is 0.810. The molecular formula is C20H22BrNO3. The lowest BCUT2D eigenvalue weighted by Gasteiger charge is -2.47. The molecule has 1 aliphatic rings. The Morgan fingerprint density at radius 2 is 2.00 bits per heavy atom. The zero-order chi connectivity index (χ0) is 18.0. The van der Waals surface area contributed by atoms with Gasteiger partial charge in [0.15, 0.2) is 0 Å². The van der Waals surface area contributed by atoms with Gasteiger partial charge in [-0.2, -0.15) is 0 Å². The summed E-state index contributed by atoms with van der Waals surface area (Å²) in [6, 6.07) is 15.9. The largest absolute Gasteiger partial charge is 0.497 e. The monoisotopic (exact) mass is 403 g/mol. The molecule has 2 unspecified atom stereocenters. The number of hydrogen-bond acceptors (Lipinski definition) is 3. The van der Waals surface area contributed by atoms with Gasteiger partial charge in [-0.3, -0.25) is 4.79 Å². The van der Waals surface area contributed by atoms with Gasteiger partial charge in [-0.1, -0.05) is 40.2 Å². The standard InChI is InChI=1S/C20H22BrNO3/c1-14-19(23)22(12-15-7-9-18(24-3)10-8-15)20(2,13-25-14)16-5-4-6-17(21)11-16/h4-11,14H,12-13H2,1-3H3. The zero-order valence-electron chi connectivity index (χ0n) is 14.7. The number of nitrogens with zero attached hydrogens (tertiary/aromatic N) is 1. The maximum absolute atomic E-state index is 12.9. The summed E-state index contributed by atoms with van der Waals surface area (Å²) in [5, 5.41) is 0. The molecule has 132 valence electrons. The molecule has 5 heteroatoms. The van der Waals surface area contributed by atoms with Gasteiger partial charge >= 0.3 is 0 Å². The van der Waals surface area contributed by atoms with E-state index in [9.17, 15) is 4.79 Å². The van der Waals surface area contributed by atoms with Crippen LogP contribution in [0, 0.1) is 0 Å². The molecule has 4 nitrogen and oxygen atoms in total. The van der Waals surface area contributed by atoms with Crippen molar-refractivity contribution in [2.75, 3.05) is 13.7 Å². The van der Waals surface area contributed by atoms with Crippen LogP contribution >= 0.6 is 15.9 Å². The molecule has 1 fully saturated rings. The first kappa shape index (κ1) is 18.0. The first-order valence-electron chi connectivity index (χ1n) is 8.26. The van der Waals surface area contributed by atoms with Gasteiger partial charge in [0.1, 0.15) is 11.9 Å². The first-order chi connectivity index (χ1) is 11.9. The fraction of sp³-hybridized carbons (Fsp3) is 0.350. The van der Waals surface area contributed by atoms with Crippen LogP contribution in [0.3, 0.4) is 0 Å². The lowest BCUT2D eigenvalue weighted by Crippen LogP contribution is -2.58. The number of amides is 1. The lowest BCUT2D eigenvalue weighted by molar-refractivity contribution is -0.170. The normalized spacial score (nSPS) is 23.6. The van der Waals surface area contributed by atoms with Gasteiger partial charge in [-0.15, -0.1) is 0 Å². The first-order valence-corrected chi connectivity index (χ1v) is 9.05. The SMILES string of the molecule is COc1ccc(CN2C(=O)C(C)OCC2(C)c2cccc(Br)c2)cc1. The molecule has 0 radical (unpaired) electrons. The number of halogens is 1. The number of benzene rings is 2. The summed E-state index contributed by atoms with van der Waals surface area (Å²) < 4.78 is 12.0. The molecule has 0 N–H and O–H groups in total. The minimum absolute atomic E-state index is 0.00421. The molecule has 1 amide bonds. The van der Waals surface area contributed by atoms with Gasteiger partial charge in [0, 0.05) is 11.0 Å². The molecule has 2 atom stereocenters. The molecule has 1 heterocycles. The van der Waals surface area contributed by atoms with Crippen LogP contribution in [0.15, 0.2) is 53.0 Å². The number of morpholine rings is 1. The van der Waals surface area contributed by atoms with Crippen LogP contribution in [0.25, 0.3) is 0 Å². The molecule has 0 aromatic heterocycles. The predicted molar refractivity (Wildman–Crippen MR) is 100 cm³/mol. The average Bonchev–Trinajstić information content (AvgIpc) is 2.63. The van der Waals surface area contributed by atoms with E-state index in [4.69, 9.17) is 9.47 Å². The van der Waals surface area contributed by atoms with Crippen molar-refractivity contribution < 1.29 is 14.3 Å². The molecular weight excluding hydrogens is 382 g/mol. The van der Waals surface area contributed by atoms with Crippen LogP contribution in [0.4, 0.5) is 0 Å². The molecule has 2 aromatic rings. The van der Waals surface area contributed by atoms with Crippen molar-refractivity contribution >= 4 is 21.8 Å². The van der Waals surface area contributed by atoms with Gasteiger partial charge in [0.05, 0.1) is 19.3 Å². The summed E-state index contributed by atoms with van der Waals surface area (Å²) in [6.07, 6.45) is -0.432. The van der Waals surface area contributed by atoms with E-state index in [1.54, 1.807) is 7.11 Å². The van der Waals surface area contributed by atoms with E-state index in [1.165, 1.54) is 0 Å². The lowest BCUT2D eigenvalue weighted by atomic mass is 9.88. The second kappa shape index (κ2) is 7.18. The van der Waals surface area contributed by atoms with Crippen molar-refractivity contribution in [3.63, 3.8) is 0 Å². The maximum Gasteiger partial charge on any atom is 0.252 e. The van der Waals surface area contributed by atoms with E-state index in [2.05, 4.69) is 22.9 Å². The fourth-order valence-corrected chi connectivity index (χ4v) is 3.53. The van der Waals surface area contributed by atoms with Crippen molar-refractivity contribution in [3.05, 3.63) is 64.1 Å². The Hall–Kier alpha value is -1.85. The van der Waals surface area contributed by atoms with Gasteiger partial charge in [-0.05, 0) is 49.2 Å². The average molecular weight is 404 g/mol. The Balaban J connectivity index is 1.96. The highest BCUT2D eigenvalue weighted by Crippen LogP contribution is 2.36. The van der Waals surface area contributed by atoms with Crippen molar-refractivity contribution in [3.8, 4) is 5.75 Å². The summed E-state index contributed by atoms with van der Waals surface area (Å²) in [4.78, 5) is 14.8. The Morgan fingerprint density at radius 3 is 2.64 bits per heavy atom. The molecule has 0 bridgehead atoms. The number of rotatable bonds is 4. The Morgan fingerprint density at radius 1 is 1.28 bits per heavy atom. The second-order valence-electron chi connectivity index (χ2n) is 6.51. The zero-order valence-corrected chi connectivity index (χ0v) is 16.2. The predicted octanol–water partition coefficient (Wildman–Crippen LogP) is 4.12. The van der Waals surface area contributed by atoms with Crippen LogP contribution in [-0.2, 0) is 21.6 Å². The maximum atomic E-state index is 12.9. The molecule has 25 heavy (non-hydrogen) atoms. The molecule has 2 aromatic carbocycles. The summed E-state index contributed by atoms with van der Waals surface area (Å²) in [7, 11) is 1.65. The Kier molecular flexibility index (Phi) is 5.16. The van der Waals surface area contributed by atoms with Gasteiger partial charge in [-0.25, -0.2) is 0 Å². The molecule has 0 spiro atoms. The van der Waals surface area contributed by atoms with E-state index >= 15 is 0 Å². The van der Waals surface area contributed by atoms with E-state index in [1.807, 2.05) is 60.4 Å². The van der Waals surface area contributed by atoms with Crippen molar-refractivity contribution in [1.82, 2.24) is 4.90 Å². The van der Waals surface area contributed by atoms with Crippen LogP contribution in [-0.4, -0.2) is 30.6 Å². The quantitative estimate of drug-likeness (QED) is 0.770. The summed E-state index contributed by atoms with van der Waals surface area (Å²) >= 11 is 3.52. The molecule has 1 saturated heterocycles. The van der Waals surface area contributed by atoms with Crippen LogP contribution in [0.1, 0.15) is 25.0 Å². The van der Waals surface area contributed by atoms with Crippen LogP contribution < -0.4 is 4.74 Å². The fourth-order valence-electron chi connectivity index (χ4n) is 3.13. The van der Waals surface area contributed by atoms with E-state index in [0.29, 0.717) is 13.2 Å². The van der Waals surface area contributed by atoms with Gasteiger partial charge in [0.2, 0.25) is 0 Å². The highest BCUT2D eigenvalue weighted by molar-refractivity contribution is 9.10. The smallest absolute Gasteiger partial charge is 0.252 e. The minimum Gasteiger partial charge on any atom is -0.497 e. The van der Waals surface area contributed by atoms with Gasteiger partial charge in [0.25, 0.3) is 5.91 Å². The second-order valence-corrected chi connectivity index (χ2v) is 7.43. The van der Waals surface area contributed by atoms with Crippen LogP contribution in [0.2, 0.25) is 0 Å². The van der Waals surface area contributed by atoms with E-state index < -0.39 is 11.6 Å². The molecule has 0 saturated carbocycles. The third kappa shape index (κ3) is 3.58. The third-order valence-electron chi connectivity index (χ3n) is 4.77. The summed E-state index contributed by atoms with van der Waals surface area (Å²) in [5.41, 5.74) is 1.59. The van der Waals surface area contributed by atoms with E-state index in [-0.39, 0.29) is 5.91 Å². The Bertz CT molecular complexity index is 762. The van der Waals surface area contributed by atoms with Crippen molar-refractivity contribution in [2.24, 2.45) is 0 Å². The number of carbonyl (C=O) groups excluding carboxylic acids is 1. The van der Waals surface area contributed by atoms with E-state index in [0.717, 1.165) is 21.3 Å². The van der Waals surface area contributed by atoms with Crippen LogP contribution in [0.5, 0.6) is 5.75 Å². The highest BCUT2D eigenvalue weighted by Gasteiger charge is 2.43. The number of hydrogen-bond donors (Lipinski definition) is 0. The Labute approximate surface area is 156 Å². The molecule has 3 rings (SSSR count). The highest BCUT2D eigenvalue weighted by atomic mass is 79.9. The number of methoxy groups -OCH3 is 1. The molecule has 1 aliphatic heterocycles. The van der Waals surface area contributed by atoms with Gasteiger partial charge < -0.3 is 14.4 Å². The van der Waals surface area contributed by atoms with Crippen molar-refractivity contribution in [2.45, 2.75) is 32.0 Å². The summed E-state index contributed by atoms with van der Waals surface area (Å²) in [6.45, 7) is 4.86.